The molecule has 0 bridgehead atoms. The molecule has 0 aliphatic carbocycles. The molecule has 0 N–H and O–H groups in total. The monoisotopic (exact) mass is 943 g/mol. The van der Waals surface area contributed by atoms with Crippen molar-refractivity contribution in [2.75, 3.05) is 6.54 Å². The van der Waals surface area contributed by atoms with Crippen LogP contribution in [-0.4, -0.2) is 47.1 Å². The molecule has 2 amide bonds. The van der Waals surface area contributed by atoms with E-state index in [1.165, 1.54) is 16.7 Å². The van der Waals surface area contributed by atoms with Gasteiger partial charge in [-0.15, -0.1) is 47.3 Å². The van der Waals surface area contributed by atoms with Gasteiger partial charge >= 0.3 is 20.1 Å². The topological polar surface area (TPSA) is 176 Å². The van der Waals surface area contributed by atoms with Crippen molar-refractivity contribution in [3.05, 3.63) is 148 Å². The Labute approximate surface area is 340 Å². The highest BCUT2D eigenvalue weighted by Gasteiger charge is 2.36. The Balaban J connectivity index is 0.000000265. The Bertz CT molecular complexity index is 2440. The summed E-state index contributed by atoms with van der Waals surface area (Å²) in [6.07, 6.45) is 0.673. The molecule has 2 aromatic carbocycles. The SMILES string of the molecule is BrB(Br)Br.C.CCc1cc(=O)oc2c1C(=O)N(CC(=O)c1ccccc1)C(=O)C2.CCc1cc(=O)oc2c1c(=O)n(CC(=O)c1ccccc1)c(=O)n2CC. The number of carbonyl (C=O) groups is 4. The third-order valence-electron chi connectivity index (χ3n) is 8.25. The summed E-state index contributed by atoms with van der Waals surface area (Å²) in [6, 6.07) is 19.4. The van der Waals surface area contributed by atoms with Crippen LogP contribution in [0.15, 0.2) is 101 Å². The number of carbonyl (C=O) groups excluding carboxylic acids is 4. The quantitative estimate of drug-likeness (QED) is 0.0971. The molecule has 0 saturated carbocycles. The van der Waals surface area contributed by atoms with Crippen LogP contribution in [0.4, 0.5) is 0 Å². The molecule has 0 unspecified atom stereocenters. The number of benzene rings is 2. The third kappa shape index (κ3) is 10.7. The first kappa shape index (κ1) is 44.7. The van der Waals surface area contributed by atoms with E-state index < -0.39 is 34.3 Å². The minimum Gasteiger partial charge on any atom is -0.426 e. The minimum absolute atomic E-state index is 0. The average Bonchev–Trinajstić information content (AvgIpc) is 3.14. The molecule has 1 aliphatic heterocycles. The number of fused-ring (bicyclic) bond motifs is 2. The Morgan fingerprint density at radius 2 is 1.20 bits per heavy atom. The predicted octanol–water partition coefficient (Wildman–Crippen LogP) is 5.98. The number of hydrogen-bond donors (Lipinski definition) is 0. The van der Waals surface area contributed by atoms with Gasteiger partial charge in [-0.05, 0) is 30.9 Å². The summed E-state index contributed by atoms with van der Waals surface area (Å²) in [4.78, 5) is 99.5. The largest absolute Gasteiger partial charge is 0.426 e. The first-order valence-electron chi connectivity index (χ1n) is 16.6. The van der Waals surface area contributed by atoms with Crippen LogP contribution in [0.3, 0.4) is 0 Å². The van der Waals surface area contributed by atoms with Crippen LogP contribution < -0.4 is 22.5 Å². The van der Waals surface area contributed by atoms with Gasteiger partial charge in [0.15, 0.2) is 11.6 Å². The normalized spacial score (nSPS) is 11.7. The van der Waals surface area contributed by atoms with E-state index in [2.05, 4.69) is 47.3 Å². The van der Waals surface area contributed by atoms with E-state index in [4.69, 9.17) is 8.83 Å². The molecule has 0 saturated heterocycles. The smallest absolute Gasteiger partial charge is 0.369 e. The van der Waals surface area contributed by atoms with E-state index in [0.29, 0.717) is 35.1 Å². The average molecular weight is 946 g/mol. The Hall–Kier alpha value is -4.74. The fourth-order valence-electron chi connectivity index (χ4n) is 5.71. The van der Waals surface area contributed by atoms with E-state index in [-0.39, 0.29) is 70.7 Å². The van der Waals surface area contributed by atoms with Gasteiger partial charge in [0.1, 0.15) is 11.1 Å². The Kier molecular flexibility index (Phi) is 16.5. The van der Waals surface area contributed by atoms with Crippen LogP contribution in [-0.2, 0) is 37.1 Å². The fraction of sp³-hybridized carbons (Fsp3) is 0.263. The van der Waals surface area contributed by atoms with E-state index in [0.717, 1.165) is 9.47 Å². The molecular weight excluding hydrogens is 909 g/mol. The van der Waals surface area contributed by atoms with E-state index >= 15 is 0 Å². The summed E-state index contributed by atoms with van der Waals surface area (Å²) in [5, 5.41) is 0.161. The molecule has 4 heterocycles. The molecule has 288 valence electrons. The molecule has 0 spiro atoms. The molecule has 13 nitrogen and oxygen atoms in total. The number of amides is 2. The molecule has 55 heavy (non-hydrogen) atoms. The highest BCUT2D eigenvalue weighted by Crippen LogP contribution is 2.23. The second-order valence-electron chi connectivity index (χ2n) is 11.6. The lowest BCUT2D eigenvalue weighted by Gasteiger charge is -2.26. The molecule has 17 heteroatoms. The highest BCUT2D eigenvalue weighted by atomic mass is 79.9. The highest BCUT2D eigenvalue weighted by molar-refractivity contribution is 9.69. The number of nitrogens with zero attached hydrogens (tertiary/aromatic N) is 3. The number of imide groups is 1. The van der Waals surface area contributed by atoms with Gasteiger partial charge < -0.3 is 8.83 Å². The lowest BCUT2D eigenvalue weighted by atomic mass is 9.98. The third-order valence-corrected chi connectivity index (χ3v) is 8.25. The maximum atomic E-state index is 12.9. The van der Waals surface area contributed by atoms with Crippen LogP contribution >= 0.6 is 47.3 Å². The Morgan fingerprint density at radius 3 is 1.71 bits per heavy atom. The van der Waals surface area contributed by atoms with E-state index in [1.807, 2.05) is 0 Å². The van der Waals surface area contributed by atoms with Crippen LogP contribution in [0.5, 0.6) is 0 Å². The molecule has 0 radical (unpaired) electrons. The van der Waals surface area contributed by atoms with Gasteiger partial charge in [-0.3, -0.25) is 38.0 Å². The first-order valence-corrected chi connectivity index (χ1v) is 19.4. The minimum atomic E-state index is -0.675. The van der Waals surface area contributed by atoms with Crippen molar-refractivity contribution in [1.82, 2.24) is 14.0 Å². The molecule has 0 atom stereocenters. The van der Waals surface area contributed by atoms with Crippen LogP contribution in [0.25, 0.3) is 11.1 Å². The van der Waals surface area contributed by atoms with Gasteiger partial charge in [0.05, 0.1) is 25.1 Å². The number of halogens is 3. The number of rotatable bonds is 9. The van der Waals surface area contributed by atoms with Crippen molar-refractivity contribution in [1.29, 1.82) is 0 Å². The van der Waals surface area contributed by atoms with E-state index in [1.54, 1.807) is 81.4 Å². The number of aromatic nitrogens is 2. The summed E-state index contributed by atoms with van der Waals surface area (Å²) in [5.74, 6) is -1.73. The van der Waals surface area contributed by atoms with Gasteiger partial charge in [0.25, 0.3) is 11.5 Å². The van der Waals surface area contributed by atoms with Crippen molar-refractivity contribution < 1.29 is 28.0 Å². The standard InChI is InChI=1S/C19H18N2O5.C18H15NO5.CH4.BBr3/c1-3-12-10-15(23)26-18-16(12)17(24)21(19(25)20(18)4-2)11-14(22)13-8-6-5-7-9-13;1-2-11-8-16(22)24-14-9-15(21)19(18(23)17(11)14)10-13(20)12-6-4-3-5-7-12;;2-1(3)4/h5-10H,3-4,11H2,1-2H3;3-8H,2,9-10H2,1H3;1H4;. The summed E-state index contributed by atoms with van der Waals surface area (Å²) >= 11 is 9.31. The molecule has 6 rings (SSSR count). The zero-order chi connectivity index (χ0) is 39.7. The van der Waals surface area contributed by atoms with Gasteiger partial charge in [-0.1, -0.05) is 81.9 Å². The van der Waals surface area contributed by atoms with Crippen LogP contribution in [0, 0.1) is 0 Å². The van der Waals surface area contributed by atoms with Crippen molar-refractivity contribution in [3.63, 3.8) is 0 Å². The lowest BCUT2D eigenvalue weighted by Crippen LogP contribution is -2.45. The summed E-state index contributed by atoms with van der Waals surface area (Å²) < 4.78 is 12.5. The van der Waals surface area contributed by atoms with E-state index in [9.17, 15) is 38.4 Å². The molecule has 0 fully saturated rings. The van der Waals surface area contributed by atoms with Crippen molar-refractivity contribution in [2.24, 2.45) is 0 Å². The molecule has 5 aromatic rings. The molecule has 1 aliphatic rings. The van der Waals surface area contributed by atoms with Crippen molar-refractivity contribution in [2.45, 2.75) is 60.5 Å². The summed E-state index contributed by atoms with van der Waals surface area (Å²) in [5.41, 5.74) is -0.469. The lowest BCUT2D eigenvalue weighted by molar-refractivity contribution is -0.128. The maximum absolute atomic E-state index is 12.9. The number of aryl methyl sites for hydroxylation is 3. The van der Waals surface area contributed by atoms with Gasteiger partial charge in [-0.2, -0.15) is 0 Å². The fourth-order valence-corrected chi connectivity index (χ4v) is 5.71. The Morgan fingerprint density at radius 1 is 0.709 bits per heavy atom. The molecule has 3 aromatic heterocycles. The number of hydrogen-bond acceptors (Lipinski definition) is 10. The summed E-state index contributed by atoms with van der Waals surface area (Å²) in [6.45, 7) is 4.80. The second kappa shape index (κ2) is 20.3. The number of ketones is 2. The zero-order valence-corrected chi connectivity index (χ0v) is 34.1. The van der Waals surface area contributed by atoms with Crippen LogP contribution in [0.2, 0.25) is 0 Å². The van der Waals surface area contributed by atoms with Crippen molar-refractivity contribution in [3.8, 4) is 0 Å². The van der Waals surface area contributed by atoms with Gasteiger partial charge in [0, 0.05) is 29.8 Å². The molecular formula is C38H37BBr3N3O10. The van der Waals surface area contributed by atoms with Crippen molar-refractivity contribution >= 4 is 84.9 Å². The number of Topliss-reactive ketones (excluding diaryl/α,β-unsaturated/α-hetero) is 2. The first-order chi connectivity index (χ1) is 25.7. The summed E-state index contributed by atoms with van der Waals surface area (Å²) in [7, 11) is 0. The zero-order valence-electron chi connectivity index (χ0n) is 29.3. The van der Waals surface area contributed by atoms with Gasteiger partial charge in [-0.25, -0.2) is 14.4 Å². The predicted molar refractivity (Wildman–Crippen MR) is 221 cm³/mol. The maximum Gasteiger partial charge on any atom is 0.369 e. The second-order valence-corrected chi connectivity index (χ2v) is 18.0. The van der Waals surface area contributed by atoms with Gasteiger partial charge in [0.2, 0.25) is 11.6 Å². The van der Waals surface area contributed by atoms with Crippen LogP contribution in [0.1, 0.15) is 76.2 Å².